The predicted molar refractivity (Wildman–Crippen MR) is 65.8 cm³/mol. The van der Waals surface area contributed by atoms with Crippen LogP contribution in [0, 0.1) is 0 Å². The van der Waals surface area contributed by atoms with Crippen molar-refractivity contribution in [1.82, 2.24) is 14.9 Å². The number of nitrogens with zero attached hydrogens (tertiary/aromatic N) is 2. The first kappa shape index (κ1) is 14.6. The fourth-order valence-corrected chi connectivity index (χ4v) is 1.63. The molecule has 5 N–H and O–H groups in total. The summed E-state index contributed by atoms with van der Waals surface area (Å²) in [5, 5.41) is 21.4. The molecule has 0 bridgehead atoms. The lowest BCUT2D eigenvalue weighted by molar-refractivity contribution is -0.140. The van der Waals surface area contributed by atoms with E-state index < -0.39 is 18.2 Å². The first-order chi connectivity index (χ1) is 8.54. The van der Waals surface area contributed by atoms with E-state index in [0.29, 0.717) is 19.4 Å². The summed E-state index contributed by atoms with van der Waals surface area (Å²) < 4.78 is 1.75. The van der Waals surface area contributed by atoms with Crippen molar-refractivity contribution in [3.63, 3.8) is 0 Å². The van der Waals surface area contributed by atoms with Gasteiger partial charge in [0, 0.05) is 25.4 Å². The van der Waals surface area contributed by atoms with E-state index in [9.17, 15) is 9.90 Å². The Balaban J connectivity index is 2.55. The lowest BCUT2D eigenvalue weighted by Gasteiger charge is -2.19. The number of carboxylic acid groups (broad SMARTS) is 1. The highest BCUT2D eigenvalue weighted by Gasteiger charge is 2.21. The summed E-state index contributed by atoms with van der Waals surface area (Å²) in [6, 6.07) is -0.840. The average Bonchev–Trinajstić information content (AvgIpc) is 2.71. The van der Waals surface area contributed by atoms with E-state index in [4.69, 9.17) is 10.8 Å². The van der Waals surface area contributed by atoms with E-state index in [2.05, 4.69) is 10.3 Å². The van der Waals surface area contributed by atoms with Gasteiger partial charge in [-0.25, -0.2) is 4.98 Å². The summed E-state index contributed by atoms with van der Waals surface area (Å²) in [5.74, 6) is -0.997. The second-order valence-corrected chi connectivity index (χ2v) is 4.20. The number of aliphatic hydroxyl groups is 1. The van der Waals surface area contributed by atoms with E-state index in [1.165, 1.54) is 0 Å². The molecule has 0 saturated heterocycles. The summed E-state index contributed by atoms with van der Waals surface area (Å²) >= 11 is 0. The standard InChI is InChI=1S/C11H20N4O3/c1-15-7-13-6-8(15)5-9(11(17)18)14-10(16)3-2-4-12/h6-7,9-10,14,16H,2-5,12H2,1H3,(H,17,18). The van der Waals surface area contributed by atoms with Crippen molar-refractivity contribution >= 4 is 5.97 Å². The normalized spacial score (nSPS) is 14.4. The largest absolute Gasteiger partial charge is 0.480 e. The van der Waals surface area contributed by atoms with Gasteiger partial charge in [0.05, 0.1) is 6.33 Å². The third-order valence-electron chi connectivity index (χ3n) is 2.70. The molecule has 7 heteroatoms. The van der Waals surface area contributed by atoms with Crippen molar-refractivity contribution in [2.45, 2.75) is 31.5 Å². The van der Waals surface area contributed by atoms with Gasteiger partial charge in [0.1, 0.15) is 12.3 Å². The van der Waals surface area contributed by atoms with E-state index in [1.54, 1.807) is 24.1 Å². The minimum atomic E-state index is -0.997. The number of aliphatic carboxylic acids is 1. The zero-order valence-electron chi connectivity index (χ0n) is 10.4. The van der Waals surface area contributed by atoms with E-state index in [-0.39, 0.29) is 6.42 Å². The molecule has 1 rings (SSSR count). The van der Waals surface area contributed by atoms with Crippen LogP contribution in [0.25, 0.3) is 0 Å². The molecule has 102 valence electrons. The highest BCUT2D eigenvalue weighted by Crippen LogP contribution is 2.04. The second kappa shape index (κ2) is 7.10. The second-order valence-electron chi connectivity index (χ2n) is 4.20. The summed E-state index contributed by atoms with van der Waals surface area (Å²) in [6.45, 7) is 0.470. The molecule has 0 aliphatic rings. The van der Waals surface area contributed by atoms with Gasteiger partial charge >= 0.3 is 5.97 Å². The molecule has 2 unspecified atom stereocenters. The van der Waals surface area contributed by atoms with Crippen LogP contribution in [0.5, 0.6) is 0 Å². The molecular weight excluding hydrogens is 236 g/mol. The molecule has 0 aromatic carbocycles. The molecule has 0 spiro atoms. The highest BCUT2D eigenvalue weighted by atomic mass is 16.4. The average molecular weight is 256 g/mol. The maximum atomic E-state index is 11.1. The van der Waals surface area contributed by atoms with Gasteiger partial charge in [-0.3, -0.25) is 10.1 Å². The zero-order valence-corrected chi connectivity index (χ0v) is 10.4. The number of nitrogens with two attached hydrogens (primary N) is 1. The van der Waals surface area contributed by atoms with Crippen LogP contribution in [-0.4, -0.2) is 44.5 Å². The Kier molecular flexibility index (Phi) is 5.76. The van der Waals surface area contributed by atoms with Gasteiger partial charge in [-0.15, -0.1) is 0 Å². The Morgan fingerprint density at radius 2 is 2.39 bits per heavy atom. The number of hydrogen-bond donors (Lipinski definition) is 4. The Bertz CT molecular complexity index is 380. The molecule has 0 saturated carbocycles. The van der Waals surface area contributed by atoms with Crippen LogP contribution < -0.4 is 11.1 Å². The summed E-state index contributed by atoms with van der Waals surface area (Å²) in [5.41, 5.74) is 6.12. The molecule has 1 aromatic rings. The van der Waals surface area contributed by atoms with Gasteiger partial charge in [0.25, 0.3) is 0 Å². The number of aliphatic hydroxyl groups excluding tert-OH is 1. The summed E-state index contributed by atoms with van der Waals surface area (Å²) in [7, 11) is 1.80. The number of rotatable bonds is 8. The summed E-state index contributed by atoms with van der Waals surface area (Å²) in [6.07, 6.45) is 3.72. The number of nitrogens with one attached hydrogen (secondary N) is 1. The van der Waals surface area contributed by atoms with Crippen molar-refractivity contribution in [3.8, 4) is 0 Å². The Morgan fingerprint density at radius 1 is 1.67 bits per heavy atom. The lowest BCUT2D eigenvalue weighted by Crippen LogP contribution is -2.45. The van der Waals surface area contributed by atoms with Crippen LogP contribution in [0.2, 0.25) is 0 Å². The van der Waals surface area contributed by atoms with Crippen LogP contribution in [-0.2, 0) is 18.3 Å². The van der Waals surface area contributed by atoms with Crippen LogP contribution in [0.3, 0.4) is 0 Å². The number of hydrogen-bond acceptors (Lipinski definition) is 5. The predicted octanol–water partition coefficient (Wildman–Crippen LogP) is -0.937. The molecule has 0 radical (unpaired) electrons. The Hall–Kier alpha value is -1.44. The minimum Gasteiger partial charge on any atom is -0.480 e. The third kappa shape index (κ3) is 4.44. The smallest absolute Gasteiger partial charge is 0.321 e. The molecule has 7 nitrogen and oxygen atoms in total. The SMILES string of the molecule is Cn1cncc1CC(NC(O)CCCN)C(=O)O. The van der Waals surface area contributed by atoms with Crippen molar-refractivity contribution < 1.29 is 15.0 Å². The van der Waals surface area contributed by atoms with Crippen molar-refractivity contribution in [2.24, 2.45) is 12.8 Å². The number of imidazole rings is 1. The van der Waals surface area contributed by atoms with Gasteiger partial charge in [-0.2, -0.15) is 0 Å². The van der Waals surface area contributed by atoms with Crippen LogP contribution >= 0.6 is 0 Å². The molecule has 0 aliphatic carbocycles. The first-order valence-corrected chi connectivity index (χ1v) is 5.86. The fourth-order valence-electron chi connectivity index (χ4n) is 1.63. The van der Waals surface area contributed by atoms with E-state index >= 15 is 0 Å². The van der Waals surface area contributed by atoms with Crippen molar-refractivity contribution in [2.75, 3.05) is 6.54 Å². The summed E-state index contributed by atoms with van der Waals surface area (Å²) in [4.78, 5) is 15.0. The van der Waals surface area contributed by atoms with Gasteiger partial charge < -0.3 is 20.5 Å². The van der Waals surface area contributed by atoms with E-state index in [1.807, 2.05) is 0 Å². The number of carbonyl (C=O) groups is 1. The molecule has 0 aliphatic heterocycles. The molecule has 1 heterocycles. The molecule has 2 atom stereocenters. The van der Waals surface area contributed by atoms with Crippen molar-refractivity contribution in [3.05, 3.63) is 18.2 Å². The third-order valence-corrected chi connectivity index (χ3v) is 2.70. The minimum absolute atomic E-state index is 0.269. The molecule has 0 fully saturated rings. The molecule has 18 heavy (non-hydrogen) atoms. The number of aromatic nitrogens is 2. The van der Waals surface area contributed by atoms with Gasteiger partial charge in [-0.05, 0) is 19.4 Å². The highest BCUT2D eigenvalue weighted by molar-refractivity contribution is 5.73. The van der Waals surface area contributed by atoms with Crippen LogP contribution in [0.4, 0.5) is 0 Å². The zero-order chi connectivity index (χ0) is 13.5. The quantitative estimate of drug-likeness (QED) is 0.447. The fraction of sp³-hybridized carbons (Fsp3) is 0.636. The van der Waals surface area contributed by atoms with E-state index in [0.717, 1.165) is 5.69 Å². The van der Waals surface area contributed by atoms with Crippen LogP contribution in [0.15, 0.2) is 12.5 Å². The molecule has 0 amide bonds. The first-order valence-electron chi connectivity index (χ1n) is 5.86. The lowest BCUT2D eigenvalue weighted by atomic mass is 10.1. The van der Waals surface area contributed by atoms with Crippen LogP contribution in [0.1, 0.15) is 18.5 Å². The monoisotopic (exact) mass is 256 g/mol. The Labute approximate surface area is 106 Å². The molecule has 1 aromatic heterocycles. The maximum Gasteiger partial charge on any atom is 0.321 e. The van der Waals surface area contributed by atoms with Gasteiger partial charge in [0.2, 0.25) is 0 Å². The van der Waals surface area contributed by atoms with Crippen molar-refractivity contribution in [1.29, 1.82) is 0 Å². The maximum absolute atomic E-state index is 11.1. The topological polar surface area (TPSA) is 113 Å². The number of carboxylic acids is 1. The Morgan fingerprint density at radius 3 is 2.89 bits per heavy atom. The van der Waals surface area contributed by atoms with Gasteiger partial charge in [-0.1, -0.05) is 0 Å². The van der Waals surface area contributed by atoms with Gasteiger partial charge in [0.15, 0.2) is 0 Å². The molecular formula is C11H20N4O3. The number of aryl methyl sites for hydroxylation is 1.